The molecule has 1 aromatic heterocycles. The largest absolute Gasteiger partial charge is 0.495 e. The van der Waals surface area contributed by atoms with Crippen molar-refractivity contribution in [1.82, 2.24) is 9.97 Å². The summed E-state index contributed by atoms with van der Waals surface area (Å²) in [4.78, 5) is 8.40. The Morgan fingerprint density at radius 1 is 1.32 bits per heavy atom. The minimum atomic E-state index is 0.451. The SMILES string of the molecule is CCNc1ncc(Cl)c(Nc2ccccc2OC)n1. The number of aromatic nitrogens is 2. The zero-order valence-electron chi connectivity index (χ0n) is 10.8. The number of nitrogens with zero attached hydrogens (tertiary/aromatic N) is 2. The minimum Gasteiger partial charge on any atom is -0.495 e. The highest BCUT2D eigenvalue weighted by Gasteiger charge is 2.08. The Labute approximate surface area is 117 Å². The molecule has 2 aromatic rings. The molecule has 100 valence electrons. The molecular formula is C13H15ClN4O. The van der Waals surface area contributed by atoms with E-state index < -0.39 is 0 Å². The lowest BCUT2D eigenvalue weighted by molar-refractivity contribution is 0.417. The van der Waals surface area contributed by atoms with Crippen LogP contribution in [-0.2, 0) is 0 Å². The summed E-state index contributed by atoms with van der Waals surface area (Å²) in [6.45, 7) is 2.72. The summed E-state index contributed by atoms with van der Waals surface area (Å²) in [6, 6.07) is 7.56. The quantitative estimate of drug-likeness (QED) is 0.879. The van der Waals surface area contributed by atoms with Gasteiger partial charge in [-0.2, -0.15) is 4.98 Å². The Kier molecular flexibility index (Phi) is 4.41. The van der Waals surface area contributed by atoms with E-state index in [1.807, 2.05) is 31.2 Å². The molecule has 0 saturated carbocycles. The third kappa shape index (κ3) is 3.26. The van der Waals surface area contributed by atoms with Crippen LogP contribution in [0.5, 0.6) is 5.75 Å². The summed E-state index contributed by atoms with van der Waals surface area (Å²) in [5.74, 6) is 1.79. The van der Waals surface area contributed by atoms with Crippen molar-refractivity contribution in [3.8, 4) is 5.75 Å². The maximum atomic E-state index is 6.09. The van der Waals surface area contributed by atoms with E-state index in [4.69, 9.17) is 16.3 Å². The Morgan fingerprint density at radius 3 is 2.84 bits per heavy atom. The Bertz CT molecular complexity index is 562. The van der Waals surface area contributed by atoms with Crippen LogP contribution in [0, 0.1) is 0 Å². The van der Waals surface area contributed by atoms with Crippen molar-refractivity contribution in [2.24, 2.45) is 0 Å². The van der Waals surface area contributed by atoms with Crippen LogP contribution in [0.3, 0.4) is 0 Å². The first-order valence-corrected chi connectivity index (χ1v) is 6.29. The molecule has 0 spiro atoms. The smallest absolute Gasteiger partial charge is 0.224 e. The highest BCUT2D eigenvalue weighted by Crippen LogP contribution is 2.29. The Morgan fingerprint density at radius 2 is 2.11 bits per heavy atom. The van der Waals surface area contributed by atoms with Gasteiger partial charge in [0.25, 0.3) is 0 Å². The molecule has 0 bridgehead atoms. The molecule has 0 radical (unpaired) electrons. The molecule has 5 nitrogen and oxygen atoms in total. The molecule has 2 rings (SSSR count). The minimum absolute atomic E-state index is 0.451. The molecule has 0 unspecified atom stereocenters. The van der Waals surface area contributed by atoms with Gasteiger partial charge in [0.2, 0.25) is 5.95 Å². The van der Waals surface area contributed by atoms with Gasteiger partial charge in [0, 0.05) is 6.54 Å². The predicted molar refractivity (Wildman–Crippen MR) is 77.5 cm³/mol. The van der Waals surface area contributed by atoms with Gasteiger partial charge in [0.15, 0.2) is 5.82 Å². The van der Waals surface area contributed by atoms with Crippen LogP contribution in [0.25, 0.3) is 0 Å². The average molecular weight is 279 g/mol. The zero-order valence-corrected chi connectivity index (χ0v) is 11.5. The predicted octanol–water partition coefficient (Wildman–Crippen LogP) is 3.31. The Hall–Kier alpha value is -2.01. The maximum absolute atomic E-state index is 6.09. The van der Waals surface area contributed by atoms with E-state index in [9.17, 15) is 0 Å². The molecule has 6 heteroatoms. The fourth-order valence-corrected chi connectivity index (χ4v) is 1.71. The highest BCUT2D eigenvalue weighted by molar-refractivity contribution is 6.32. The highest BCUT2D eigenvalue weighted by atomic mass is 35.5. The topological polar surface area (TPSA) is 59.1 Å². The number of benzene rings is 1. The van der Waals surface area contributed by atoms with E-state index >= 15 is 0 Å². The zero-order chi connectivity index (χ0) is 13.7. The number of nitrogens with one attached hydrogen (secondary N) is 2. The van der Waals surface area contributed by atoms with E-state index in [-0.39, 0.29) is 0 Å². The lowest BCUT2D eigenvalue weighted by atomic mass is 10.3. The van der Waals surface area contributed by atoms with Crippen LogP contribution in [0.1, 0.15) is 6.92 Å². The molecule has 1 heterocycles. The molecule has 2 N–H and O–H groups in total. The average Bonchev–Trinajstić information content (AvgIpc) is 2.43. The number of anilines is 3. The molecule has 0 amide bonds. The van der Waals surface area contributed by atoms with Crippen LogP contribution in [0.4, 0.5) is 17.5 Å². The summed E-state index contributed by atoms with van der Waals surface area (Å²) in [7, 11) is 1.62. The molecule has 0 aliphatic heterocycles. The fraction of sp³-hybridized carbons (Fsp3) is 0.231. The van der Waals surface area contributed by atoms with Crippen molar-refractivity contribution in [2.45, 2.75) is 6.92 Å². The monoisotopic (exact) mass is 278 g/mol. The van der Waals surface area contributed by atoms with Gasteiger partial charge in [-0.25, -0.2) is 4.98 Å². The number of hydrogen-bond donors (Lipinski definition) is 2. The third-order valence-electron chi connectivity index (χ3n) is 2.44. The van der Waals surface area contributed by atoms with E-state index in [0.29, 0.717) is 16.8 Å². The van der Waals surface area contributed by atoms with Gasteiger partial charge in [-0.1, -0.05) is 23.7 Å². The molecule has 0 aliphatic carbocycles. The van der Waals surface area contributed by atoms with Gasteiger partial charge in [-0.15, -0.1) is 0 Å². The normalized spacial score (nSPS) is 10.1. The molecule has 0 aliphatic rings. The van der Waals surface area contributed by atoms with Gasteiger partial charge >= 0.3 is 0 Å². The lowest BCUT2D eigenvalue weighted by Crippen LogP contribution is -2.04. The van der Waals surface area contributed by atoms with Crippen molar-refractivity contribution in [3.05, 3.63) is 35.5 Å². The number of rotatable bonds is 5. The van der Waals surface area contributed by atoms with E-state index in [1.165, 1.54) is 0 Å². The van der Waals surface area contributed by atoms with Crippen LogP contribution in [0.2, 0.25) is 5.02 Å². The van der Waals surface area contributed by atoms with E-state index in [0.717, 1.165) is 18.0 Å². The van der Waals surface area contributed by atoms with Gasteiger partial charge in [0.1, 0.15) is 10.8 Å². The molecular weight excluding hydrogens is 264 g/mol. The molecule has 19 heavy (non-hydrogen) atoms. The second-order valence-corrected chi connectivity index (χ2v) is 4.15. The van der Waals surface area contributed by atoms with Crippen molar-refractivity contribution in [3.63, 3.8) is 0 Å². The molecule has 0 fully saturated rings. The number of hydrogen-bond acceptors (Lipinski definition) is 5. The van der Waals surface area contributed by atoms with Crippen LogP contribution in [0.15, 0.2) is 30.5 Å². The Balaban J connectivity index is 2.29. The summed E-state index contributed by atoms with van der Waals surface area (Å²) in [5.41, 5.74) is 0.799. The number of ether oxygens (including phenoxy) is 1. The third-order valence-corrected chi connectivity index (χ3v) is 2.72. The second-order valence-electron chi connectivity index (χ2n) is 3.75. The van der Waals surface area contributed by atoms with Crippen molar-refractivity contribution in [2.75, 3.05) is 24.3 Å². The van der Waals surface area contributed by atoms with E-state index in [1.54, 1.807) is 13.3 Å². The van der Waals surface area contributed by atoms with Crippen LogP contribution >= 0.6 is 11.6 Å². The van der Waals surface area contributed by atoms with E-state index in [2.05, 4.69) is 20.6 Å². The van der Waals surface area contributed by atoms with Crippen molar-refractivity contribution in [1.29, 1.82) is 0 Å². The van der Waals surface area contributed by atoms with Gasteiger partial charge in [-0.05, 0) is 19.1 Å². The second kappa shape index (κ2) is 6.24. The standard InChI is InChI=1S/C13H15ClN4O/c1-3-15-13-16-8-9(14)12(18-13)17-10-6-4-5-7-11(10)19-2/h4-8H,3H2,1-2H3,(H2,15,16,17,18). The van der Waals surface area contributed by atoms with Gasteiger partial charge in [0.05, 0.1) is 19.0 Å². The van der Waals surface area contributed by atoms with Crippen molar-refractivity contribution < 1.29 is 4.74 Å². The lowest BCUT2D eigenvalue weighted by Gasteiger charge is -2.12. The first-order valence-electron chi connectivity index (χ1n) is 5.91. The van der Waals surface area contributed by atoms with Crippen LogP contribution < -0.4 is 15.4 Å². The first-order chi connectivity index (χ1) is 9.24. The first kappa shape index (κ1) is 13.4. The number of halogens is 1. The number of methoxy groups -OCH3 is 1. The van der Waals surface area contributed by atoms with Gasteiger partial charge < -0.3 is 15.4 Å². The molecule has 0 atom stereocenters. The fourth-order valence-electron chi connectivity index (χ4n) is 1.57. The summed E-state index contributed by atoms with van der Waals surface area (Å²) < 4.78 is 5.27. The summed E-state index contributed by atoms with van der Waals surface area (Å²) in [6.07, 6.45) is 1.56. The maximum Gasteiger partial charge on any atom is 0.224 e. The van der Waals surface area contributed by atoms with Crippen molar-refractivity contribution >= 4 is 29.1 Å². The molecule has 1 aromatic carbocycles. The number of para-hydroxylation sites is 2. The summed E-state index contributed by atoms with van der Waals surface area (Å²) in [5, 5.41) is 6.63. The molecule has 0 saturated heterocycles. The summed E-state index contributed by atoms with van der Waals surface area (Å²) >= 11 is 6.09. The van der Waals surface area contributed by atoms with Gasteiger partial charge in [-0.3, -0.25) is 0 Å². The van der Waals surface area contributed by atoms with Crippen LogP contribution in [-0.4, -0.2) is 23.6 Å².